The van der Waals surface area contributed by atoms with E-state index in [1.807, 2.05) is 30.3 Å². The number of nitrogens with zero attached hydrogens (tertiary/aromatic N) is 1. The lowest BCUT2D eigenvalue weighted by Gasteiger charge is -2.24. The van der Waals surface area contributed by atoms with E-state index in [1.165, 1.54) is 6.42 Å². The van der Waals surface area contributed by atoms with Crippen LogP contribution in [-0.2, 0) is 9.53 Å². The second-order valence-electron chi connectivity index (χ2n) is 8.41. The van der Waals surface area contributed by atoms with E-state index in [0.29, 0.717) is 18.1 Å². The van der Waals surface area contributed by atoms with Crippen molar-refractivity contribution in [3.63, 3.8) is 0 Å². The van der Waals surface area contributed by atoms with E-state index >= 15 is 0 Å². The largest absolute Gasteiger partial charge is 0.464 e. The molecule has 2 aliphatic rings. The van der Waals surface area contributed by atoms with Crippen LogP contribution in [0.1, 0.15) is 51.5 Å². The maximum Gasteiger partial charge on any atom is 0.314 e. The minimum atomic E-state index is -0.174. The Kier molecular flexibility index (Phi) is 5.63. The highest BCUT2D eigenvalue weighted by molar-refractivity contribution is 5.79. The van der Waals surface area contributed by atoms with Crippen LogP contribution in [0.25, 0.3) is 0 Å². The van der Waals surface area contributed by atoms with Gasteiger partial charge in [0.05, 0.1) is 5.92 Å². The fraction of sp³-hybridized carbons (Fsp3) is 0.591. The summed E-state index contributed by atoms with van der Waals surface area (Å²) in [6.07, 6.45) is 7.67. The molecule has 0 radical (unpaired) electrons. The molecule has 25 heavy (non-hydrogen) atoms. The summed E-state index contributed by atoms with van der Waals surface area (Å²) in [5.74, 6) is 0.0146. The van der Waals surface area contributed by atoms with Gasteiger partial charge in [-0.25, -0.2) is 0 Å². The van der Waals surface area contributed by atoms with Crippen molar-refractivity contribution in [2.45, 2.75) is 52.0 Å². The Morgan fingerprint density at radius 2 is 2.08 bits per heavy atom. The van der Waals surface area contributed by atoms with Crippen LogP contribution in [-0.4, -0.2) is 36.6 Å². The number of ether oxygens (including phenoxy) is 1. The summed E-state index contributed by atoms with van der Waals surface area (Å²) in [4.78, 5) is 15.3. The summed E-state index contributed by atoms with van der Waals surface area (Å²) in [5.41, 5.74) is 1.43. The lowest BCUT2D eigenvalue weighted by Crippen LogP contribution is -2.33. The predicted molar refractivity (Wildman–Crippen MR) is 101 cm³/mol. The Balaban J connectivity index is 1.59. The molecule has 1 heterocycles. The molecule has 3 rings (SSSR count). The zero-order valence-electron chi connectivity index (χ0n) is 15.8. The molecule has 0 N–H and O–H groups in total. The topological polar surface area (TPSA) is 29.5 Å². The van der Waals surface area contributed by atoms with Crippen molar-refractivity contribution < 1.29 is 9.53 Å². The van der Waals surface area contributed by atoms with Gasteiger partial charge in [-0.05, 0) is 43.1 Å². The molecule has 1 aromatic rings. The number of esters is 1. The summed E-state index contributed by atoms with van der Waals surface area (Å²) >= 11 is 0. The van der Waals surface area contributed by atoms with Crippen LogP contribution in [0, 0.1) is 11.3 Å². The second kappa shape index (κ2) is 7.74. The molecule has 0 bridgehead atoms. The SMILES string of the molecule is CC1CC(C)(C)CN1CCOC(=O)C(c1ccccc1)C1C=CCC1. The fourth-order valence-electron chi connectivity index (χ4n) is 4.50. The standard InChI is InChI=1S/C22H31NO2/c1-17-15-22(2,3)16-23(17)13-14-25-21(24)20(19-11-7-8-12-19)18-9-5-4-6-10-18/h4-7,9-11,17,19-20H,8,12-16H2,1-3H3. The normalized spacial score (nSPS) is 26.7. The quantitative estimate of drug-likeness (QED) is 0.567. The van der Waals surface area contributed by atoms with Gasteiger partial charge < -0.3 is 4.74 Å². The molecule has 3 nitrogen and oxygen atoms in total. The maximum absolute atomic E-state index is 12.8. The Bertz CT molecular complexity index is 608. The molecular formula is C22H31NO2. The lowest BCUT2D eigenvalue weighted by molar-refractivity contribution is -0.147. The molecule has 3 unspecified atom stereocenters. The maximum atomic E-state index is 12.8. The van der Waals surface area contributed by atoms with E-state index in [2.05, 4.69) is 37.8 Å². The third-order valence-corrected chi connectivity index (χ3v) is 5.62. The van der Waals surface area contributed by atoms with Gasteiger partial charge in [0.15, 0.2) is 0 Å². The summed E-state index contributed by atoms with van der Waals surface area (Å²) in [6, 6.07) is 10.7. The summed E-state index contributed by atoms with van der Waals surface area (Å²) in [7, 11) is 0. The number of carbonyl (C=O) groups is 1. The Morgan fingerprint density at radius 3 is 2.68 bits per heavy atom. The highest BCUT2D eigenvalue weighted by Gasteiger charge is 2.35. The molecule has 0 aromatic heterocycles. The van der Waals surface area contributed by atoms with Gasteiger partial charge in [0.2, 0.25) is 0 Å². The zero-order chi connectivity index (χ0) is 17.9. The number of rotatable bonds is 6. The van der Waals surface area contributed by atoms with E-state index in [0.717, 1.165) is 31.5 Å². The van der Waals surface area contributed by atoms with Gasteiger partial charge in [0.1, 0.15) is 6.61 Å². The van der Waals surface area contributed by atoms with Crippen molar-refractivity contribution >= 4 is 5.97 Å². The van der Waals surface area contributed by atoms with E-state index in [9.17, 15) is 4.79 Å². The fourth-order valence-corrected chi connectivity index (χ4v) is 4.50. The molecule has 1 fully saturated rings. The van der Waals surface area contributed by atoms with Crippen LogP contribution in [0.15, 0.2) is 42.5 Å². The van der Waals surface area contributed by atoms with Gasteiger partial charge in [-0.15, -0.1) is 0 Å². The predicted octanol–water partition coefficient (Wildman–Crippen LogP) is 4.40. The van der Waals surface area contributed by atoms with Crippen molar-refractivity contribution in [3.8, 4) is 0 Å². The van der Waals surface area contributed by atoms with E-state index in [4.69, 9.17) is 4.74 Å². The minimum absolute atomic E-state index is 0.0751. The lowest BCUT2D eigenvalue weighted by atomic mass is 9.85. The first-order valence-electron chi connectivity index (χ1n) is 9.58. The van der Waals surface area contributed by atoms with Gasteiger partial charge in [0, 0.05) is 19.1 Å². The molecule has 0 spiro atoms. The third kappa shape index (κ3) is 4.52. The van der Waals surface area contributed by atoms with Gasteiger partial charge in [-0.1, -0.05) is 56.3 Å². The molecule has 1 aromatic carbocycles. The Morgan fingerprint density at radius 1 is 1.32 bits per heavy atom. The number of benzene rings is 1. The second-order valence-corrected chi connectivity index (χ2v) is 8.41. The third-order valence-electron chi connectivity index (χ3n) is 5.62. The van der Waals surface area contributed by atoms with E-state index in [1.54, 1.807) is 0 Å². The molecule has 1 aliphatic carbocycles. The number of carbonyl (C=O) groups excluding carboxylic acids is 1. The van der Waals surface area contributed by atoms with Crippen LogP contribution in [0.2, 0.25) is 0 Å². The molecule has 0 amide bonds. The summed E-state index contributed by atoms with van der Waals surface area (Å²) in [6.45, 7) is 9.30. The van der Waals surface area contributed by atoms with Gasteiger partial charge in [0.25, 0.3) is 0 Å². The molecule has 0 saturated carbocycles. The first kappa shape index (κ1) is 18.2. The van der Waals surface area contributed by atoms with Crippen molar-refractivity contribution in [1.29, 1.82) is 0 Å². The van der Waals surface area contributed by atoms with Gasteiger partial charge >= 0.3 is 5.97 Å². The molecule has 1 saturated heterocycles. The smallest absolute Gasteiger partial charge is 0.314 e. The Labute approximate surface area is 152 Å². The number of hydrogen-bond acceptors (Lipinski definition) is 3. The van der Waals surface area contributed by atoms with Gasteiger partial charge in [-0.3, -0.25) is 9.69 Å². The van der Waals surface area contributed by atoms with Crippen LogP contribution in [0.3, 0.4) is 0 Å². The summed E-state index contributed by atoms with van der Waals surface area (Å²) in [5, 5.41) is 0. The monoisotopic (exact) mass is 341 g/mol. The molecule has 3 heteroatoms. The van der Waals surface area contributed by atoms with Crippen LogP contribution in [0.4, 0.5) is 0 Å². The molecule has 3 atom stereocenters. The highest BCUT2D eigenvalue weighted by Crippen LogP contribution is 2.35. The first-order valence-corrected chi connectivity index (χ1v) is 9.58. The number of allylic oxidation sites excluding steroid dienone is 2. The summed E-state index contributed by atoms with van der Waals surface area (Å²) < 4.78 is 5.73. The average molecular weight is 341 g/mol. The van der Waals surface area contributed by atoms with Crippen LogP contribution >= 0.6 is 0 Å². The van der Waals surface area contributed by atoms with E-state index < -0.39 is 0 Å². The first-order chi connectivity index (χ1) is 12.0. The minimum Gasteiger partial charge on any atom is -0.464 e. The zero-order valence-corrected chi connectivity index (χ0v) is 15.8. The van der Waals surface area contributed by atoms with Crippen molar-refractivity contribution in [3.05, 3.63) is 48.0 Å². The van der Waals surface area contributed by atoms with Crippen molar-refractivity contribution in [2.24, 2.45) is 11.3 Å². The number of hydrogen-bond donors (Lipinski definition) is 0. The molecule has 136 valence electrons. The average Bonchev–Trinajstić information content (AvgIpc) is 3.17. The Hall–Kier alpha value is -1.61. The van der Waals surface area contributed by atoms with Crippen molar-refractivity contribution in [1.82, 2.24) is 4.90 Å². The van der Waals surface area contributed by atoms with Crippen LogP contribution < -0.4 is 0 Å². The highest BCUT2D eigenvalue weighted by atomic mass is 16.5. The molecular weight excluding hydrogens is 310 g/mol. The van der Waals surface area contributed by atoms with Crippen molar-refractivity contribution in [2.75, 3.05) is 19.7 Å². The van der Waals surface area contributed by atoms with Gasteiger partial charge in [-0.2, -0.15) is 0 Å². The number of likely N-dealkylation sites (tertiary alicyclic amines) is 1. The van der Waals surface area contributed by atoms with E-state index in [-0.39, 0.29) is 17.8 Å². The molecule has 1 aliphatic heterocycles. The van der Waals surface area contributed by atoms with Crippen LogP contribution in [0.5, 0.6) is 0 Å².